The van der Waals surface area contributed by atoms with Crippen LogP contribution in [0.25, 0.3) is 0 Å². The van der Waals surface area contributed by atoms with E-state index in [1.54, 1.807) is 17.4 Å². The van der Waals surface area contributed by atoms with Crippen LogP contribution in [0.4, 0.5) is 4.39 Å². The number of amides is 1. The minimum absolute atomic E-state index is 0.106. The molecule has 2 aromatic rings. The number of carbonyl (C=O) groups excluding carboxylic acids is 1. The number of hydrogen-bond donors (Lipinski definition) is 0. The maximum absolute atomic E-state index is 13.7. The van der Waals surface area contributed by atoms with Gasteiger partial charge in [0.1, 0.15) is 5.82 Å². The number of hydrogen-bond acceptors (Lipinski definition) is 3. The van der Waals surface area contributed by atoms with E-state index in [2.05, 4.69) is 4.98 Å². The second-order valence-corrected chi connectivity index (χ2v) is 8.16. The summed E-state index contributed by atoms with van der Waals surface area (Å²) >= 11 is 1.62. The highest BCUT2D eigenvalue weighted by Crippen LogP contribution is 2.25. The van der Waals surface area contributed by atoms with E-state index in [1.165, 1.54) is 6.07 Å². The highest BCUT2D eigenvalue weighted by atomic mass is 32.1. The predicted octanol–water partition coefficient (Wildman–Crippen LogP) is 4.31. The van der Waals surface area contributed by atoms with Crippen molar-refractivity contribution in [1.82, 2.24) is 9.88 Å². The van der Waals surface area contributed by atoms with Crippen LogP contribution >= 0.6 is 11.3 Å². The molecule has 1 amide bonds. The molecule has 0 saturated carbocycles. The highest BCUT2D eigenvalue weighted by Gasteiger charge is 2.23. The van der Waals surface area contributed by atoms with Gasteiger partial charge in [-0.2, -0.15) is 0 Å². The fourth-order valence-electron chi connectivity index (χ4n) is 3.52. The number of halogens is 1. The molecule has 134 valence electrons. The average molecular weight is 360 g/mol. The van der Waals surface area contributed by atoms with Gasteiger partial charge in [0.2, 0.25) is 5.91 Å². The van der Waals surface area contributed by atoms with Crippen LogP contribution in [0.5, 0.6) is 0 Å². The molecule has 0 bridgehead atoms. The molecule has 0 unspecified atom stereocenters. The lowest BCUT2D eigenvalue weighted by atomic mass is 9.90. The third kappa shape index (κ3) is 4.66. The summed E-state index contributed by atoms with van der Waals surface area (Å²) in [4.78, 5) is 20.0. The van der Waals surface area contributed by atoms with Gasteiger partial charge in [-0.3, -0.25) is 4.79 Å². The largest absolute Gasteiger partial charge is 0.342 e. The summed E-state index contributed by atoms with van der Waals surface area (Å²) in [5.41, 5.74) is 1.78. The molecule has 0 spiro atoms. The summed E-state index contributed by atoms with van der Waals surface area (Å²) in [6.45, 7) is 5.59. The van der Waals surface area contributed by atoms with Gasteiger partial charge in [0.25, 0.3) is 0 Å². The van der Waals surface area contributed by atoms with Crippen LogP contribution in [0, 0.1) is 25.6 Å². The van der Waals surface area contributed by atoms with Gasteiger partial charge in [-0.25, -0.2) is 9.37 Å². The molecule has 0 N–H and O–H groups in total. The van der Waals surface area contributed by atoms with Gasteiger partial charge in [0.05, 0.1) is 17.1 Å². The molecule has 1 saturated heterocycles. The number of likely N-dealkylation sites (tertiary alicyclic amines) is 1. The first-order chi connectivity index (χ1) is 12.0. The molecule has 2 heterocycles. The monoisotopic (exact) mass is 360 g/mol. The molecule has 1 aromatic carbocycles. The molecular formula is C20H25FN2OS. The fraction of sp³-hybridized carbons (Fsp3) is 0.500. The molecule has 0 atom stereocenters. The Morgan fingerprint density at radius 2 is 2.00 bits per heavy atom. The molecule has 5 heteroatoms. The number of carbonyl (C=O) groups is 1. The van der Waals surface area contributed by atoms with Gasteiger partial charge >= 0.3 is 0 Å². The van der Waals surface area contributed by atoms with Crippen LogP contribution in [0.15, 0.2) is 24.3 Å². The van der Waals surface area contributed by atoms with Crippen LogP contribution in [0.1, 0.15) is 40.4 Å². The number of nitrogens with zero attached hydrogens (tertiary/aromatic N) is 2. The van der Waals surface area contributed by atoms with E-state index >= 15 is 0 Å². The Hall–Kier alpha value is -1.75. The molecule has 0 radical (unpaired) electrons. The predicted molar refractivity (Wildman–Crippen MR) is 99.3 cm³/mol. The highest BCUT2D eigenvalue weighted by molar-refractivity contribution is 7.11. The minimum Gasteiger partial charge on any atom is -0.342 e. The number of thiazole rings is 1. The van der Waals surface area contributed by atoms with Gasteiger partial charge in [-0.1, -0.05) is 18.2 Å². The lowest BCUT2D eigenvalue weighted by molar-refractivity contribution is -0.131. The van der Waals surface area contributed by atoms with Gasteiger partial charge in [-0.15, -0.1) is 11.3 Å². The standard InChI is InChI=1S/C20H25FN2OS/c1-14-19(25-15(2)22-14)13-20(24)23-11-9-16(10-12-23)7-8-17-5-3-4-6-18(17)21/h3-6,16H,7-13H2,1-2H3. The zero-order chi connectivity index (χ0) is 17.8. The quantitative estimate of drug-likeness (QED) is 0.796. The summed E-state index contributed by atoms with van der Waals surface area (Å²) in [6, 6.07) is 7.02. The molecule has 3 rings (SSSR count). The lowest BCUT2D eigenvalue weighted by Crippen LogP contribution is -2.39. The summed E-state index contributed by atoms with van der Waals surface area (Å²) in [5.74, 6) is 0.681. The maximum Gasteiger partial charge on any atom is 0.227 e. The fourth-order valence-corrected chi connectivity index (χ4v) is 4.45. The first-order valence-corrected chi connectivity index (χ1v) is 9.78. The first-order valence-electron chi connectivity index (χ1n) is 8.97. The molecule has 1 aromatic heterocycles. The molecule has 1 fully saturated rings. The van der Waals surface area contributed by atoms with Crippen molar-refractivity contribution < 1.29 is 9.18 Å². The third-order valence-electron chi connectivity index (χ3n) is 5.06. The topological polar surface area (TPSA) is 33.2 Å². The van der Waals surface area contributed by atoms with Gasteiger partial charge < -0.3 is 4.90 Å². The smallest absolute Gasteiger partial charge is 0.227 e. The zero-order valence-corrected chi connectivity index (χ0v) is 15.7. The number of rotatable bonds is 5. The molecule has 0 aliphatic carbocycles. The minimum atomic E-state index is -0.106. The van der Waals surface area contributed by atoms with Gasteiger partial charge in [0.15, 0.2) is 0 Å². The number of aryl methyl sites for hydroxylation is 3. The van der Waals surface area contributed by atoms with Crippen molar-refractivity contribution in [2.75, 3.05) is 13.1 Å². The SMILES string of the molecule is Cc1nc(C)c(CC(=O)N2CCC(CCc3ccccc3F)CC2)s1. The molecule has 1 aliphatic heterocycles. The van der Waals surface area contributed by atoms with Crippen molar-refractivity contribution in [3.8, 4) is 0 Å². The third-order valence-corrected chi connectivity index (χ3v) is 6.13. The molecule has 3 nitrogen and oxygen atoms in total. The van der Waals surface area contributed by atoms with Crippen molar-refractivity contribution in [1.29, 1.82) is 0 Å². The van der Waals surface area contributed by atoms with E-state index in [9.17, 15) is 9.18 Å². The number of aromatic nitrogens is 1. The van der Waals surface area contributed by atoms with E-state index in [0.717, 1.165) is 59.9 Å². The van der Waals surface area contributed by atoms with E-state index in [-0.39, 0.29) is 11.7 Å². The van der Waals surface area contributed by atoms with E-state index in [1.807, 2.05) is 30.9 Å². The van der Waals surface area contributed by atoms with Crippen LogP contribution in [0.2, 0.25) is 0 Å². The summed E-state index contributed by atoms with van der Waals surface area (Å²) < 4.78 is 13.7. The first kappa shape index (κ1) is 18.1. The normalized spacial score (nSPS) is 15.6. The molecule has 1 aliphatic rings. The van der Waals surface area contributed by atoms with Crippen LogP contribution < -0.4 is 0 Å². The van der Waals surface area contributed by atoms with Gasteiger partial charge in [0, 0.05) is 18.0 Å². The Bertz CT molecular complexity index is 735. The average Bonchev–Trinajstić information content (AvgIpc) is 2.92. The van der Waals surface area contributed by atoms with Crippen LogP contribution in [-0.4, -0.2) is 28.9 Å². The second kappa shape index (κ2) is 8.09. The molecule has 25 heavy (non-hydrogen) atoms. The van der Waals surface area contributed by atoms with Crippen LogP contribution in [-0.2, 0) is 17.6 Å². The molecular weight excluding hydrogens is 335 g/mol. The summed E-state index contributed by atoms with van der Waals surface area (Å²) in [5, 5.41) is 1.02. The van der Waals surface area contributed by atoms with Crippen molar-refractivity contribution in [3.63, 3.8) is 0 Å². The Kier molecular flexibility index (Phi) is 5.84. The van der Waals surface area contributed by atoms with E-state index < -0.39 is 0 Å². The lowest BCUT2D eigenvalue weighted by Gasteiger charge is -2.32. The zero-order valence-electron chi connectivity index (χ0n) is 14.9. The van der Waals surface area contributed by atoms with Crippen molar-refractivity contribution >= 4 is 17.2 Å². The van der Waals surface area contributed by atoms with Gasteiger partial charge in [-0.05, 0) is 57.1 Å². The van der Waals surface area contributed by atoms with E-state index in [4.69, 9.17) is 0 Å². The second-order valence-electron chi connectivity index (χ2n) is 6.87. The van der Waals surface area contributed by atoms with Crippen molar-refractivity contribution in [2.45, 2.75) is 46.0 Å². The Labute approximate surface area is 152 Å². The van der Waals surface area contributed by atoms with Crippen molar-refractivity contribution in [3.05, 3.63) is 51.2 Å². The number of benzene rings is 1. The Morgan fingerprint density at radius 1 is 1.28 bits per heavy atom. The Morgan fingerprint density at radius 3 is 2.64 bits per heavy atom. The van der Waals surface area contributed by atoms with E-state index in [0.29, 0.717) is 12.3 Å². The summed E-state index contributed by atoms with van der Waals surface area (Å²) in [6.07, 6.45) is 4.28. The number of piperidine rings is 1. The summed E-state index contributed by atoms with van der Waals surface area (Å²) in [7, 11) is 0. The van der Waals surface area contributed by atoms with Crippen LogP contribution in [0.3, 0.4) is 0 Å². The Balaban J connectivity index is 1.46. The van der Waals surface area contributed by atoms with Crippen molar-refractivity contribution in [2.24, 2.45) is 5.92 Å². The maximum atomic E-state index is 13.7.